The Bertz CT molecular complexity index is 710. The van der Waals surface area contributed by atoms with Crippen LogP contribution in [0.5, 0.6) is 0 Å². The average Bonchev–Trinajstić information content (AvgIpc) is 2.57. The predicted molar refractivity (Wildman–Crippen MR) is 96.0 cm³/mol. The second-order valence-electron chi connectivity index (χ2n) is 5.38. The highest BCUT2D eigenvalue weighted by Crippen LogP contribution is 2.24. The summed E-state index contributed by atoms with van der Waals surface area (Å²) in [4.78, 5) is 16.6. The summed E-state index contributed by atoms with van der Waals surface area (Å²) in [5.41, 5.74) is 1.69. The van der Waals surface area contributed by atoms with Gasteiger partial charge in [0.15, 0.2) is 0 Å². The van der Waals surface area contributed by atoms with E-state index >= 15 is 0 Å². The van der Waals surface area contributed by atoms with Crippen LogP contribution < -0.4 is 4.90 Å². The summed E-state index contributed by atoms with van der Waals surface area (Å²) in [6, 6.07) is 12.7. The fourth-order valence-corrected chi connectivity index (χ4v) is 3.06. The molecule has 0 bridgehead atoms. The van der Waals surface area contributed by atoms with Crippen LogP contribution in [0.1, 0.15) is 10.4 Å². The fourth-order valence-electron chi connectivity index (χ4n) is 2.63. The number of benzene rings is 2. The third-order valence-electron chi connectivity index (χ3n) is 3.93. The van der Waals surface area contributed by atoms with Crippen molar-refractivity contribution >= 4 is 46.4 Å². The topological polar surface area (TPSA) is 23.6 Å². The van der Waals surface area contributed by atoms with Crippen molar-refractivity contribution in [3.8, 4) is 0 Å². The van der Waals surface area contributed by atoms with Crippen molar-refractivity contribution in [1.29, 1.82) is 0 Å². The number of anilines is 1. The fraction of sp³-hybridized carbons (Fsp3) is 0.235. The summed E-state index contributed by atoms with van der Waals surface area (Å²) in [6.07, 6.45) is 0. The second kappa shape index (κ2) is 7.00. The number of rotatable bonds is 2. The molecule has 2 aromatic carbocycles. The predicted octanol–water partition coefficient (Wildman–Crippen LogP) is 4.61. The first kappa shape index (κ1) is 16.4. The maximum absolute atomic E-state index is 12.5. The van der Waals surface area contributed by atoms with Gasteiger partial charge < -0.3 is 9.80 Å². The summed E-state index contributed by atoms with van der Waals surface area (Å²) in [7, 11) is 0. The molecule has 6 heteroatoms. The molecular weight excluding hydrogens is 355 g/mol. The van der Waals surface area contributed by atoms with E-state index in [2.05, 4.69) is 4.90 Å². The number of carbonyl (C=O) groups is 1. The smallest absolute Gasteiger partial charge is 0.254 e. The van der Waals surface area contributed by atoms with E-state index in [-0.39, 0.29) is 5.91 Å². The lowest BCUT2D eigenvalue weighted by Crippen LogP contribution is -2.48. The lowest BCUT2D eigenvalue weighted by atomic mass is 10.1. The zero-order valence-electron chi connectivity index (χ0n) is 12.3. The van der Waals surface area contributed by atoms with E-state index < -0.39 is 0 Å². The molecule has 0 radical (unpaired) electrons. The third kappa shape index (κ3) is 3.74. The minimum absolute atomic E-state index is 0.0145. The molecule has 120 valence electrons. The zero-order valence-corrected chi connectivity index (χ0v) is 14.6. The maximum atomic E-state index is 12.5. The van der Waals surface area contributed by atoms with Gasteiger partial charge in [-0.25, -0.2) is 0 Å². The standard InChI is InChI=1S/C17H15Cl3N2O/c18-13-2-4-14(5-3-13)21-7-9-22(10-8-21)17(23)12-1-6-15(19)16(20)11-12/h1-6,11H,7-10H2. The summed E-state index contributed by atoms with van der Waals surface area (Å²) in [5.74, 6) is -0.0145. The van der Waals surface area contributed by atoms with Crippen molar-refractivity contribution in [3.05, 3.63) is 63.1 Å². The van der Waals surface area contributed by atoms with Gasteiger partial charge >= 0.3 is 0 Å². The maximum Gasteiger partial charge on any atom is 0.254 e. The van der Waals surface area contributed by atoms with E-state index in [0.717, 1.165) is 23.8 Å². The number of piperazine rings is 1. The SMILES string of the molecule is O=C(c1ccc(Cl)c(Cl)c1)N1CCN(c2ccc(Cl)cc2)CC1. The highest BCUT2D eigenvalue weighted by atomic mass is 35.5. The number of carbonyl (C=O) groups excluding carboxylic acids is 1. The Morgan fingerprint density at radius 1 is 0.826 bits per heavy atom. The van der Waals surface area contributed by atoms with Gasteiger partial charge in [-0.15, -0.1) is 0 Å². The van der Waals surface area contributed by atoms with Crippen LogP contribution in [0.25, 0.3) is 0 Å². The molecule has 0 aliphatic carbocycles. The number of nitrogens with zero attached hydrogens (tertiary/aromatic N) is 2. The highest BCUT2D eigenvalue weighted by Gasteiger charge is 2.22. The van der Waals surface area contributed by atoms with Crippen LogP contribution in [0.4, 0.5) is 5.69 Å². The first-order valence-corrected chi connectivity index (χ1v) is 8.43. The quantitative estimate of drug-likeness (QED) is 0.772. The van der Waals surface area contributed by atoms with Gasteiger partial charge in [0.25, 0.3) is 5.91 Å². The van der Waals surface area contributed by atoms with Crippen molar-refractivity contribution in [2.24, 2.45) is 0 Å². The molecule has 1 aliphatic rings. The first-order chi connectivity index (χ1) is 11.0. The molecule has 0 spiro atoms. The monoisotopic (exact) mass is 368 g/mol. The number of hydrogen-bond acceptors (Lipinski definition) is 2. The van der Waals surface area contributed by atoms with Crippen LogP contribution in [0.3, 0.4) is 0 Å². The Hall–Kier alpha value is -1.42. The lowest BCUT2D eigenvalue weighted by molar-refractivity contribution is 0.0747. The minimum atomic E-state index is -0.0145. The second-order valence-corrected chi connectivity index (χ2v) is 6.64. The number of amides is 1. The zero-order chi connectivity index (χ0) is 16.4. The highest BCUT2D eigenvalue weighted by molar-refractivity contribution is 6.42. The van der Waals surface area contributed by atoms with Crippen LogP contribution in [0, 0.1) is 0 Å². The van der Waals surface area contributed by atoms with Crippen LogP contribution in [0.2, 0.25) is 15.1 Å². The minimum Gasteiger partial charge on any atom is -0.368 e. The molecule has 1 heterocycles. The first-order valence-electron chi connectivity index (χ1n) is 7.29. The van der Waals surface area contributed by atoms with Crippen molar-refractivity contribution in [3.63, 3.8) is 0 Å². The molecule has 0 N–H and O–H groups in total. The van der Waals surface area contributed by atoms with Crippen molar-refractivity contribution < 1.29 is 4.79 Å². The number of halogens is 3. The third-order valence-corrected chi connectivity index (χ3v) is 4.92. The van der Waals surface area contributed by atoms with Gasteiger partial charge in [-0.05, 0) is 42.5 Å². The Morgan fingerprint density at radius 3 is 2.09 bits per heavy atom. The van der Waals surface area contributed by atoms with Gasteiger partial charge in [-0.3, -0.25) is 4.79 Å². The Kier molecular flexibility index (Phi) is 5.00. The molecule has 1 amide bonds. The Labute approximate surface area is 150 Å². The van der Waals surface area contributed by atoms with Gasteiger partial charge in [0.05, 0.1) is 10.0 Å². The molecule has 1 fully saturated rings. The van der Waals surface area contributed by atoms with Gasteiger partial charge in [0.1, 0.15) is 0 Å². The van der Waals surface area contributed by atoms with Gasteiger partial charge in [-0.2, -0.15) is 0 Å². The van der Waals surface area contributed by atoms with E-state index in [9.17, 15) is 4.79 Å². The van der Waals surface area contributed by atoms with E-state index in [0.29, 0.717) is 28.7 Å². The normalized spacial score (nSPS) is 14.9. The lowest BCUT2D eigenvalue weighted by Gasteiger charge is -2.36. The summed E-state index contributed by atoms with van der Waals surface area (Å²) in [5, 5.41) is 1.58. The van der Waals surface area contributed by atoms with Crippen LogP contribution in [-0.2, 0) is 0 Å². The molecular formula is C17H15Cl3N2O. The summed E-state index contributed by atoms with van der Waals surface area (Å²) in [6.45, 7) is 2.91. The molecule has 3 rings (SSSR count). The summed E-state index contributed by atoms with van der Waals surface area (Å²) >= 11 is 17.8. The summed E-state index contributed by atoms with van der Waals surface area (Å²) < 4.78 is 0. The van der Waals surface area contributed by atoms with Crippen LogP contribution in [0.15, 0.2) is 42.5 Å². The van der Waals surface area contributed by atoms with Gasteiger partial charge in [-0.1, -0.05) is 34.8 Å². The molecule has 1 aliphatic heterocycles. The van der Waals surface area contributed by atoms with Gasteiger partial charge in [0.2, 0.25) is 0 Å². The molecule has 1 saturated heterocycles. The molecule has 0 saturated carbocycles. The Morgan fingerprint density at radius 2 is 1.48 bits per heavy atom. The van der Waals surface area contributed by atoms with Crippen LogP contribution in [-0.4, -0.2) is 37.0 Å². The average molecular weight is 370 g/mol. The molecule has 0 unspecified atom stereocenters. The molecule has 0 aromatic heterocycles. The van der Waals surface area contributed by atoms with Gasteiger partial charge in [0, 0.05) is 42.5 Å². The molecule has 3 nitrogen and oxygen atoms in total. The largest absolute Gasteiger partial charge is 0.368 e. The van der Waals surface area contributed by atoms with Crippen molar-refractivity contribution in [2.45, 2.75) is 0 Å². The van der Waals surface area contributed by atoms with E-state index in [4.69, 9.17) is 34.8 Å². The van der Waals surface area contributed by atoms with Crippen molar-refractivity contribution in [2.75, 3.05) is 31.1 Å². The van der Waals surface area contributed by atoms with Crippen molar-refractivity contribution in [1.82, 2.24) is 4.90 Å². The Balaban J connectivity index is 1.65. The molecule has 0 atom stereocenters. The number of hydrogen-bond donors (Lipinski definition) is 0. The van der Waals surface area contributed by atoms with E-state index in [1.165, 1.54) is 0 Å². The van der Waals surface area contributed by atoms with E-state index in [1.54, 1.807) is 18.2 Å². The van der Waals surface area contributed by atoms with E-state index in [1.807, 2.05) is 29.2 Å². The van der Waals surface area contributed by atoms with Crippen LogP contribution >= 0.6 is 34.8 Å². The molecule has 2 aromatic rings. The molecule has 23 heavy (non-hydrogen) atoms.